The molecule has 5 rings (SSSR count). The van der Waals surface area contributed by atoms with E-state index in [1.807, 2.05) is 43.3 Å². The number of pyridine rings is 1. The topological polar surface area (TPSA) is 73.3 Å². The summed E-state index contributed by atoms with van der Waals surface area (Å²) in [4.78, 5) is 16.7. The van der Waals surface area contributed by atoms with Gasteiger partial charge in [0.2, 0.25) is 0 Å². The molecule has 2 atom stereocenters. The van der Waals surface area contributed by atoms with Gasteiger partial charge in [0.05, 0.1) is 22.8 Å². The van der Waals surface area contributed by atoms with Crippen molar-refractivity contribution >= 4 is 26.7 Å². The Bertz CT molecular complexity index is 1590. The second-order valence-electron chi connectivity index (χ2n) is 10.3. The summed E-state index contributed by atoms with van der Waals surface area (Å²) in [6, 6.07) is 24.3. The lowest BCUT2D eigenvalue weighted by Crippen LogP contribution is -2.28. The summed E-state index contributed by atoms with van der Waals surface area (Å²) < 4.78 is 29.3. The lowest BCUT2D eigenvalue weighted by atomic mass is 9.92. The SMILES string of the molecule is CCOC(=O)C1CC1c1ccc(-c2cccc(-c3cc(C(C)(C)S(C)(=O)=O)cc4cccnc34)c2)cc1. The van der Waals surface area contributed by atoms with Crippen LogP contribution in [-0.4, -0.2) is 32.2 Å². The van der Waals surface area contributed by atoms with Crippen LogP contribution in [0.4, 0.5) is 0 Å². The van der Waals surface area contributed by atoms with Gasteiger partial charge in [0.25, 0.3) is 0 Å². The van der Waals surface area contributed by atoms with E-state index in [1.54, 1.807) is 20.0 Å². The van der Waals surface area contributed by atoms with E-state index in [0.717, 1.165) is 50.7 Å². The van der Waals surface area contributed by atoms with Crippen molar-refractivity contribution in [1.29, 1.82) is 0 Å². The van der Waals surface area contributed by atoms with Gasteiger partial charge in [0.1, 0.15) is 0 Å². The minimum atomic E-state index is -3.34. The first-order chi connectivity index (χ1) is 17.6. The highest BCUT2D eigenvalue weighted by molar-refractivity contribution is 7.91. The molecule has 1 aromatic heterocycles. The molecule has 1 aliphatic rings. The lowest BCUT2D eigenvalue weighted by molar-refractivity contribution is -0.144. The number of fused-ring (bicyclic) bond motifs is 1. The van der Waals surface area contributed by atoms with Crippen molar-refractivity contribution in [3.63, 3.8) is 0 Å². The van der Waals surface area contributed by atoms with Crippen molar-refractivity contribution in [1.82, 2.24) is 4.98 Å². The Labute approximate surface area is 218 Å². The fourth-order valence-corrected chi connectivity index (χ4v) is 5.38. The predicted molar refractivity (Wildman–Crippen MR) is 148 cm³/mol. The van der Waals surface area contributed by atoms with E-state index in [9.17, 15) is 13.2 Å². The van der Waals surface area contributed by atoms with E-state index < -0.39 is 14.6 Å². The number of rotatable bonds is 7. The van der Waals surface area contributed by atoms with E-state index in [1.165, 1.54) is 6.26 Å². The third kappa shape index (κ3) is 4.78. The standard InChI is InChI=1S/C31H31NO4S/c1-5-36-30(33)28-19-26(28)21-13-11-20(12-14-21)22-8-6-9-23(16-22)27-18-25(31(2,3)37(4,34)35)17-24-10-7-15-32-29(24)27/h6-18,26,28H,5,19H2,1-4H3. The van der Waals surface area contributed by atoms with Crippen molar-refractivity contribution in [2.75, 3.05) is 12.9 Å². The van der Waals surface area contributed by atoms with Crippen LogP contribution in [0.2, 0.25) is 0 Å². The number of ether oxygens (including phenoxy) is 1. The zero-order valence-corrected chi connectivity index (χ0v) is 22.4. The highest BCUT2D eigenvalue weighted by atomic mass is 32.2. The number of hydrogen-bond acceptors (Lipinski definition) is 5. The molecule has 190 valence electrons. The van der Waals surface area contributed by atoms with Crippen LogP contribution in [0.25, 0.3) is 33.2 Å². The van der Waals surface area contributed by atoms with Gasteiger partial charge in [-0.1, -0.05) is 48.5 Å². The molecule has 0 saturated heterocycles. The highest BCUT2D eigenvalue weighted by Gasteiger charge is 2.45. The number of esters is 1. The summed E-state index contributed by atoms with van der Waals surface area (Å²) in [6.07, 6.45) is 3.88. The molecule has 2 unspecified atom stereocenters. The van der Waals surface area contributed by atoms with Crippen LogP contribution < -0.4 is 0 Å². The van der Waals surface area contributed by atoms with Gasteiger partial charge in [-0.3, -0.25) is 9.78 Å². The molecule has 0 N–H and O–H groups in total. The Morgan fingerprint density at radius 2 is 1.70 bits per heavy atom. The smallest absolute Gasteiger partial charge is 0.309 e. The minimum absolute atomic E-state index is 0.0293. The van der Waals surface area contributed by atoms with Crippen LogP contribution >= 0.6 is 0 Å². The number of aromatic nitrogens is 1. The Morgan fingerprint density at radius 1 is 0.973 bits per heavy atom. The first-order valence-corrected chi connectivity index (χ1v) is 14.5. The van der Waals surface area contributed by atoms with Crippen molar-refractivity contribution < 1.29 is 17.9 Å². The maximum absolute atomic E-state index is 12.6. The van der Waals surface area contributed by atoms with Crippen LogP contribution in [0, 0.1) is 5.92 Å². The summed E-state index contributed by atoms with van der Waals surface area (Å²) in [5.41, 5.74) is 6.73. The fraction of sp³-hybridized carbons (Fsp3) is 0.290. The Balaban J connectivity index is 1.51. The van der Waals surface area contributed by atoms with Gasteiger partial charge in [-0.05, 0) is 85.2 Å². The molecule has 0 spiro atoms. The molecule has 5 nitrogen and oxygen atoms in total. The van der Waals surface area contributed by atoms with Gasteiger partial charge in [0, 0.05) is 23.4 Å². The highest BCUT2D eigenvalue weighted by Crippen LogP contribution is 2.48. The number of nitrogens with zero attached hydrogens (tertiary/aromatic N) is 1. The van der Waals surface area contributed by atoms with E-state index >= 15 is 0 Å². The first-order valence-electron chi connectivity index (χ1n) is 12.6. The van der Waals surface area contributed by atoms with Gasteiger partial charge < -0.3 is 4.74 Å². The second kappa shape index (κ2) is 9.42. The Morgan fingerprint density at radius 3 is 2.41 bits per heavy atom. The maximum atomic E-state index is 12.6. The Kier molecular flexibility index (Phi) is 6.40. The first kappa shape index (κ1) is 25.2. The van der Waals surface area contributed by atoms with Crippen LogP contribution in [0.1, 0.15) is 44.2 Å². The van der Waals surface area contributed by atoms with Crippen LogP contribution in [0.3, 0.4) is 0 Å². The minimum Gasteiger partial charge on any atom is -0.466 e. The third-order valence-electron chi connectivity index (χ3n) is 7.55. The summed E-state index contributed by atoms with van der Waals surface area (Å²) in [5.74, 6) is 0.0996. The molecule has 1 fully saturated rings. The van der Waals surface area contributed by atoms with E-state index in [0.29, 0.717) is 6.61 Å². The zero-order chi connectivity index (χ0) is 26.4. The van der Waals surface area contributed by atoms with Gasteiger partial charge in [0.15, 0.2) is 9.84 Å². The molecule has 6 heteroatoms. The van der Waals surface area contributed by atoms with Crippen molar-refractivity contribution in [3.8, 4) is 22.3 Å². The molecule has 0 aliphatic heterocycles. The normalized spacial score (nSPS) is 17.5. The van der Waals surface area contributed by atoms with E-state index in [4.69, 9.17) is 4.74 Å². The average molecular weight is 514 g/mol. The lowest BCUT2D eigenvalue weighted by Gasteiger charge is -2.24. The molecule has 0 bridgehead atoms. The third-order valence-corrected chi connectivity index (χ3v) is 9.64. The maximum Gasteiger partial charge on any atom is 0.309 e. The molecule has 0 amide bonds. The molecule has 1 heterocycles. The molecular formula is C31H31NO4S. The van der Waals surface area contributed by atoms with E-state index in [2.05, 4.69) is 41.4 Å². The van der Waals surface area contributed by atoms with Crippen LogP contribution in [-0.2, 0) is 24.1 Å². The Hall–Kier alpha value is -3.51. The zero-order valence-electron chi connectivity index (χ0n) is 21.6. The van der Waals surface area contributed by atoms with Crippen molar-refractivity contribution in [2.45, 2.75) is 37.9 Å². The summed E-state index contributed by atoms with van der Waals surface area (Å²) in [5, 5.41) is 0.905. The van der Waals surface area contributed by atoms with Gasteiger partial charge in [-0.15, -0.1) is 0 Å². The summed E-state index contributed by atoms with van der Waals surface area (Å²) in [6.45, 7) is 5.73. The second-order valence-corrected chi connectivity index (χ2v) is 12.8. The number of sulfone groups is 1. The van der Waals surface area contributed by atoms with Gasteiger partial charge >= 0.3 is 5.97 Å². The fourth-order valence-electron chi connectivity index (χ4n) is 4.84. The molecular weight excluding hydrogens is 482 g/mol. The predicted octanol–water partition coefficient (Wildman–Crippen LogP) is 6.52. The largest absolute Gasteiger partial charge is 0.466 e. The quantitative estimate of drug-likeness (QED) is 0.263. The molecule has 3 aromatic carbocycles. The number of benzene rings is 3. The summed E-state index contributed by atoms with van der Waals surface area (Å²) in [7, 11) is -3.34. The average Bonchev–Trinajstić information content (AvgIpc) is 3.69. The number of carbonyl (C=O) groups excluding carboxylic acids is 1. The molecule has 0 radical (unpaired) electrons. The monoisotopic (exact) mass is 513 g/mol. The van der Waals surface area contributed by atoms with Crippen molar-refractivity contribution in [3.05, 3.63) is 90.1 Å². The van der Waals surface area contributed by atoms with E-state index in [-0.39, 0.29) is 17.8 Å². The number of carbonyl (C=O) groups is 1. The van der Waals surface area contributed by atoms with Gasteiger partial charge in [-0.2, -0.15) is 0 Å². The molecule has 37 heavy (non-hydrogen) atoms. The molecule has 1 saturated carbocycles. The number of hydrogen-bond donors (Lipinski definition) is 0. The van der Waals surface area contributed by atoms with Gasteiger partial charge in [-0.25, -0.2) is 8.42 Å². The van der Waals surface area contributed by atoms with Crippen LogP contribution in [0.5, 0.6) is 0 Å². The molecule has 1 aliphatic carbocycles. The van der Waals surface area contributed by atoms with Crippen LogP contribution in [0.15, 0.2) is 79.0 Å². The van der Waals surface area contributed by atoms with Crippen molar-refractivity contribution in [2.24, 2.45) is 5.92 Å². The summed E-state index contributed by atoms with van der Waals surface area (Å²) >= 11 is 0. The molecule has 4 aromatic rings.